The number of halogens is 2. The third-order valence-electron chi connectivity index (χ3n) is 3.08. The molecule has 2 aromatic rings. The van der Waals surface area contributed by atoms with Crippen LogP contribution in [0.15, 0.2) is 42.5 Å². The average Bonchev–Trinajstić information content (AvgIpc) is 2.46. The Morgan fingerprint density at radius 3 is 2.30 bits per heavy atom. The fraction of sp³-hybridized carbons (Fsp3) is 0.176. The number of anilines is 1. The molecular formula is C17H15Cl2NO3. The molecule has 120 valence electrons. The Hall–Kier alpha value is -2.04. The zero-order valence-electron chi connectivity index (χ0n) is 12.6. The number of Topliss-reactive ketones (excluding diaryl/α,β-unsaturated/α-hetero) is 1. The van der Waals surface area contributed by atoms with Gasteiger partial charge in [-0.05, 0) is 44.2 Å². The first kappa shape index (κ1) is 17.3. The van der Waals surface area contributed by atoms with Crippen LogP contribution in [0.1, 0.15) is 24.2 Å². The summed E-state index contributed by atoms with van der Waals surface area (Å²) < 4.78 is 5.54. The van der Waals surface area contributed by atoms with Gasteiger partial charge in [-0.25, -0.2) is 0 Å². The standard InChI is InChI=1S/C17H15Cl2NO3/c1-10(21)15-5-3-4-6-16(15)20-17(22)11(2)23-14-8-12(18)7-13(19)9-14/h3-9,11H,1-2H3,(H,20,22)/t11-/m0/s1. The minimum absolute atomic E-state index is 0.129. The van der Waals surface area contributed by atoms with E-state index in [9.17, 15) is 9.59 Å². The van der Waals surface area contributed by atoms with Crippen molar-refractivity contribution in [2.75, 3.05) is 5.32 Å². The first-order valence-corrected chi connectivity index (χ1v) is 7.66. The van der Waals surface area contributed by atoms with Crippen LogP contribution >= 0.6 is 23.2 Å². The third kappa shape index (κ3) is 4.71. The van der Waals surface area contributed by atoms with Crippen molar-refractivity contribution in [3.8, 4) is 5.75 Å². The summed E-state index contributed by atoms with van der Waals surface area (Å²) in [5.41, 5.74) is 0.892. The molecular weight excluding hydrogens is 337 g/mol. The van der Waals surface area contributed by atoms with E-state index in [2.05, 4.69) is 5.32 Å². The van der Waals surface area contributed by atoms with Gasteiger partial charge in [0.05, 0.1) is 5.69 Å². The predicted octanol–water partition coefficient (Wildman–Crippen LogP) is 4.60. The van der Waals surface area contributed by atoms with Crippen molar-refractivity contribution in [2.45, 2.75) is 20.0 Å². The van der Waals surface area contributed by atoms with E-state index in [-0.39, 0.29) is 11.7 Å². The van der Waals surface area contributed by atoms with Crippen LogP contribution in [0.25, 0.3) is 0 Å². The lowest BCUT2D eigenvalue weighted by atomic mass is 10.1. The van der Waals surface area contributed by atoms with E-state index >= 15 is 0 Å². The Balaban J connectivity index is 2.10. The van der Waals surface area contributed by atoms with Gasteiger partial charge in [0.1, 0.15) is 5.75 Å². The van der Waals surface area contributed by atoms with Crippen molar-refractivity contribution < 1.29 is 14.3 Å². The lowest BCUT2D eigenvalue weighted by molar-refractivity contribution is -0.122. The topological polar surface area (TPSA) is 55.4 Å². The summed E-state index contributed by atoms with van der Waals surface area (Å²) in [5, 5.41) is 3.53. The van der Waals surface area contributed by atoms with E-state index in [1.807, 2.05) is 0 Å². The van der Waals surface area contributed by atoms with Crippen molar-refractivity contribution in [1.82, 2.24) is 0 Å². The van der Waals surface area contributed by atoms with Crippen molar-refractivity contribution >= 4 is 40.6 Å². The molecule has 0 aliphatic carbocycles. The molecule has 1 N–H and O–H groups in total. The monoisotopic (exact) mass is 351 g/mol. The van der Waals surface area contributed by atoms with Gasteiger partial charge in [0.15, 0.2) is 11.9 Å². The fourth-order valence-corrected chi connectivity index (χ4v) is 2.49. The third-order valence-corrected chi connectivity index (χ3v) is 3.52. The van der Waals surface area contributed by atoms with Gasteiger partial charge in [-0.15, -0.1) is 0 Å². The largest absolute Gasteiger partial charge is 0.481 e. The molecule has 1 atom stereocenters. The number of carbonyl (C=O) groups is 2. The number of nitrogens with one attached hydrogen (secondary N) is 1. The number of benzene rings is 2. The van der Waals surface area contributed by atoms with Crippen LogP contribution in [-0.2, 0) is 4.79 Å². The molecule has 23 heavy (non-hydrogen) atoms. The second-order valence-electron chi connectivity index (χ2n) is 4.96. The van der Waals surface area contributed by atoms with E-state index in [4.69, 9.17) is 27.9 Å². The Labute approximate surface area is 144 Å². The zero-order chi connectivity index (χ0) is 17.0. The fourth-order valence-electron chi connectivity index (χ4n) is 1.99. The number of amides is 1. The molecule has 0 aliphatic rings. The molecule has 0 spiro atoms. The van der Waals surface area contributed by atoms with Crippen LogP contribution in [0.3, 0.4) is 0 Å². The number of hydrogen-bond donors (Lipinski definition) is 1. The number of carbonyl (C=O) groups excluding carboxylic acids is 2. The van der Waals surface area contributed by atoms with Crippen LogP contribution in [-0.4, -0.2) is 17.8 Å². The van der Waals surface area contributed by atoms with Gasteiger partial charge in [0, 0.05) is 15.6 Å². The molecule has 1 amide bonds. The normalized spacial score (nSPS) is 11.7. The molecule has 0 heterocycles. The maximum atomic E-state index is 12.2. The number of hydrogen-bond acceptors (Lipinski definition) is 3. The quantitative estimate of drug-likeness (QED) is 0.800. The molecule has 0 aliphatic heterocycles. The maximum absolute atomic E-state index is 12.2. The molecule has 0 aromatic heterocycles. The molecule has 2 aromatic carbocycles. The molecule has 0 radical (unpaired) electrons. The Bertz CT molecular complexity index is 726. The average molecular weight is 352 g/mol. The summed E-state index contributed by atoms with van der Waals surface area (Å²) in [5.74, 6) is -0.115. The molecule has 0 saturated carbocycles. The van der Waals surface area contributed by atoms with Gasteiger partial charge in [-0.2, -0.15) is 0 Å². The highest BCUT2D eigenvalue weighted by Gasteiger charge is 2.17. The van der Waals surface area contributed by atoms with Crippen molar-refractivity contribution in [3.05, 3.63) is 58.1 Å². The van der Waals surface area contributed by atoms with E-state index in [0.29, 0.717) is 27.0 Å². The molecule has 0 unspecified atom stereocenters. The first-order valence-electron chi connectivity index (χ1n) is 6.90. The minimum atomic E-state index is -0.787. The Morgan fingerprint density at radius 1 is 1.09 bits per heavy atom. The minimum Gasteiger partial charge on any atom is -0.481 e. The van der Waals surface area contributed by atoms with Gasteiger partial charge in [0.2, 0.25) is 0 Å². The zero-order valence-corrected chi connectivity index (χ0v) is 14.1. The molecule has 0 bridgehead atoms. The smallest absolute Gasteiger partial charge is 0.265 e. The molecule has 0 fully saturated rings. The highest BCUT2D eigenvalue weighted by atomic mass is 35.5. The van der Waals surface area contributed by atoms with Gasteiger partial charge < -0.3 is 10.1 Å². The Kier molecular flexibility index (Phi) is 5.64. The summed E-state index contributed by atoms with van der Waals surface area (Å²) in [6, 6.07) is 11.5. The van der Waals surface area contributed by atoms with Crippen LogP contribution in [0.4, 0.5) is 5.69 Å². The second kappa shape index (κ2) is 7.49. The summed E-state index contributed by atoms with van der Waals surface area (Å²) >= 11 is 11.8. The number of para-hydroxylation sites is 1. The van der Waals surface area contributed by atoms with Crippen molar-refractivity contribution in [3.63, 3.8) is 0 Å². The van der Waals surface area contributed by atoms with Crippen LogP contribution in [0, 0.1) is 0 Å². The molecule has 4 nitrogen and oxygen atoms in total. The summed E-state index contributed by atoms with van der Waals surface area (Å²) in [4.78, 5) is 23.8. The number of rotatable bonds is 5. The summed E-state index contributed by atoms with van der Waals surface area (Å²) in [6.45, 7) is 3.04. The first-order chi connectivity index (χ1) is 10.9. The van der Waals surface area contributed by atoms with E-state index < -0.39 is 6.10 Å². The second-order valence-corrected chi connectivity index (χ2v) is 5.83. The molecule has 2 rings (SSSR count). The van der Waals surface area contributed by atoms with E-state index in [0.717, 1.165) is 0 Å². The highest BCUT2D eigenvalue weighted by Crippen LogP contribution is 2.25. The maximum Gasteiger partial charge on any atom is 0.265 e. The SMILES string of the molecule is CC(=O)c1ccccc1NC(=O)[C@H](C)Oc1cc(Cl)cc(Cl)c1. The predicted molar refractivity (Wildman–Crippen MR) is 91.6 cm³/mol. The van der Waals surface area contributed by atoms with E-state index in [1.54, 1.807) is 49.4 Å². The van der Waals surface area contributed by atoms with Gasteiger partial charge >= 0.3 is 0 Å². The molecule has 0 saturated heterocycles. The van der Waals surface area contributed by atoms with Gasteiger partial charge in [0.25, 0.3) is 5.91 Å². The van der Waals surface area contributed by atoms with Gasteiger partial charge in [-0.3, -0.25) is 9.59 Å². The lowest BCUT2D eigenvalue weighted by Gasteiger charge is -2.16. The van der Waals surface area contributed by atoms with E-state index in [1.165, 1.54) is 6.92 Å². The van der Waals surface area contributed by atoms with Crippen LogP contribution in [0.5, 0.6) is 5.75 Å². The number of ether oxygens (including phenoxy) is 1. The highest BCUT2D eigenvalue weighted by molar-refractivity contribution is 6.34. The molecule has 6 heteroatoms. The summed E-state index contributed by atoms with van der Waals surface area (Å²) in [6.07, 6.45) is -0.787. The summed E-state index contributed by atoms with van der Waals surface area (Å²) in [7, 11) is 0. The van der Waals surface area contributed by atoms with Gasteiger partial charge in [-0.1, -0.05) is 35.3 Å². The van der Waals surface area contributed by atoms with Crippen molar-refractivity contribution in [2.24, 2.45) is 0 Å². The number of ketones is 1. The van der Waals surface area contributed by atoms with Crippen LogP contribution < -0.4 is 10.1 Å². The van der Waals surface area contributed by atoms with Crippen LogP contribution in [0.2, 0.25) is 10.0 Å². The van der Waals surface area contributed by atoms with Crippen molar-refractivity contribution in [1.29, 1.82) is 0 Å². The Morgan fingerprint density at radius 2 is 1.70 bits per heavy atom. The lowest BCUT2D eigenvalue weighted by Crippen LogP contribution is -2.30.